The van der Waals surface area contributed by atoms with Crippen LogP contribution in [0.25, 0.3) is 0 Å². The second kappa shape index (κ2) is 5.81. The Hall–Kier alpha value is -0.626. The SMILES string of the molecule is C[Si](C)(C)C(CC(=O)NCC(=O)O)[Si](C)(C)C. The fourth-order valence-electron chi connectivity index (χ4n) is 2.34. The van der Waals surface area contributed by atoms with Gasteiger partial charge in [-0.15, -0.1) is 0 Å². The molecule has 0 saturated carbocycles. The van der Waals surface area contributed by atoms with Crippen molar-refractivity contribution in [1.29, 1.82) is 0 Å². The Kier molecular flexibility index (Phi) is 5.60. The van der Waals surface area contributed by atoms with E-state index in [1.54, 1.807) is 0 Å². The maximum atomic E-state index is 11.7. The van der Waals surface area contributed by atoms with E-state index in [4.69, 9.17) is 5.11 Å². The Bertz CT molecular complexity index is 278. The molecule has 0 atom stereocenters. The van der Waals surface area contributed by atoms with Crippen molar-refractivity contribution < 1.29 is 14.7 Å². The van der Waals surface area contributed by atoms with Gasteiger partial charge in [0.25, 0.3) is 0 Å². The molecule has 0 bridgehead atoms. The maximum absolute atomic E-state index is 11.7. The van der Waals surface area contributed by atoms with Crippen molar-refractivity contribution in [3.8, 4) is 0 Å². The van der Waals surface area contributed by atoms with Crippen LogP contribution in [0.5, 0.6) is 0 Å². The minimum atomic E-state index is -1.39. The van der Waals surface area contributed by atoms with Crippen LogP contribution in [0, 0.1) is 0 Å². The first-order valence-electron chi connectivity index (χ1n) is 5.93. The van der Waals surface area contributed by atoms with Gasteiger partial charge >= 0.3 is 5.97 Å². The van der Waals surface area contributed by atoms with Gasteiger partial charge in [-0.25, -0.2) is 0 Å². The van der Waals surface area contributed by atoms with Gasteiger partial charge in [-0.2, -0.15) is 0 Å². The molecule has 1 amide bonds. The fraction of sp³-hybridized carbons (Fsp3) is 0.818. The smallest absolute Gasteiger partial charge is 0.322 e. The number of carbonyl (C=O) groups excluding carboxylic acids is 1. The van der Waals surface area contributed by atoms with Crippen LogP contribution < -0.4 is 5.32 Å². The molecule has 0 saturated heterocycles. The lowest BCUT2D eigenvalue weighted by molar-refractivity contribution is -0.137. The molecule has 2 N–H and O–H groups in total. The number of aliphatic carboxylic acids is 1. The summed E-state index contributed by atoms with van der Waals surface area (Å²) in [5.74, 6) is -1.11. The average molecular weight is 275 g/mol. The standard InChI is InChI=1S/C11H25NO3Si2/c1-16(2,3)11(17(4,5)6)7-9(13)12-8-10(14)15/h11H,7-8H2,1-6H3,(H,12,13)(H,14,15). The zero-order chi connectivity index (χ0) is 13.9. The Morgan fingerprint density at radius 3 is 1.76 bits per heavy atom. The van der Waals surface area contributed by atoms with Crippen LogP contribution in [0.2, 0.25) is 44.4 Å². The van der Waals surface area contributed by atoms with Crippen molar-refractivity contribution in [1.82, 2.24) is 5.32 Å². The second-order valence-electron chi connectivity index (χ2n) is 6.66. The molecule has 100 valence electrons. The normalized spacial score (nSPS) is 12.6. The number of hydrogen-bond donors (Lipinski definition) is 2. The van der Waals surface area contributed by atoms with Crippen LogP contribution in [0.15, 0.2) is 0 Å². The molecule has 0 aromatic carbocycles. The van der Waals surface area contributed by atoms with E-state index in [0.717, 1.165) is 0 Å². The van der Waals surface area contributed by atoms with Gasteiger partial charge in [0.15, 0.2) is 0 Å². The topological polar surface area (TPSA) is 66.4 Å². The zero-order valence-electron chi connectivity index (χ0n) is 11.8. The predicted molar refractivity (Wildman–Crippen MR) is 75.7 cm³/mol. The number of carbonyl (C=O) groups is 2. The highest BCUT2D eigenvalue weighted by molar-refractivity contribution is 6.96. The number of amides is 1. The summed E-state index contributed by atoms with van der Waals surface area (Å²) >= 11 is 0. The van der Waals surface area contributed by atoms with Gasteiger partial charge < -0.3 is 10.4 Å². The molecular formula is C11H25NO3Si2. The molecule has 0 aliphatic heterocycles. The van der Waals surface area contributed by atoms with Crippen LogP contribution >= 0.6 is 0 Å². The van der Waals surface area contributed by atoms with Crippen LogP contribution in [0.1, 0.15) is 6.42 Å². The summed E-state index contributed by atoms with van der Waals surface area (Å²) < 4.78 is 0. The van der Waals surface area contributed by atoms with Crippen LogP contribution in [-0.4, -0.2) is 39.7 Å². The molecule has 0 unspecified atom stereocenters. The minimum absolute atomic E-state index is 0.123. The molecule has 0 spiro atoms. The molecule has 0 aromatic heterocycles. The molecule has 0 fully saturated rings. The zero-order valence-corrected chi connectivity index (χ0v) is 13.8. The van der Waals surface area contributed by atoms with Gasteiger partial charge in [0.2, 0.25) is 5.91 Å². The molecule has 6 heteroatoms. The van der Waals surface area contributed by atoms with E-state index >= 15 is 0 Å². The van der Waals surface area contributed by atoms with E-state index < -0.39 is 22.1 Å². The fourth-order valence-corrected chi connectivity index (χ4v) is 14.3. The maximum Gasteiger partial charge on any atom is 0.322 e. The Morgan fingerprint density at radius 1 is 1.06 bits per heavy atom. The lowest BCUT2D eigenvalue weighted by Crippen LogP contribution is -2.46. The number of nitrogens with one attached hydrogen (secondary N) is 1. The summed E-state index contributed by atoms with van der Waals surface area (Å²) in [5.41, 5.74) is 0. The van der Waals surface area contributed by atoms with Gasteiger partial charge in [0.1, 0.15) is 6.54 Å². The molecule has 0 aliphatic carbocycles. The van der Waals surface area contributed by atoms with E-state index in [-0.39, 0.29) is 12.5 Å². The summed E-state index contributed by atoms with van der Waals surface area (Å²) in [5, 5.41) is 11.5. The Balaban J connectivity index is 4.57. The van der Waals surface area contributed by atoms with Crippen molar-refractivity contribution in [3.63, 3.8) is 0 Å². The van der Waals surface area contributed by atoms with Gasteiger partial charge in [0, 0.05) is 22.6 Å². The van der Waals surface area contributed by atoms with Gasteiger partial charge in [-0.3, -0.25) is 9.59 Å². The summed E-state index contributed by atoms with van der Waals surface area (Å²) in [4.78, 5) is 22.1. The highest BCUT2D eigenvalue weighted by Gasteiger charge is 2.38. The van der Waals surface area contributed by atoms with E-state index in [2.05, 4.69) is 44.6 Å². The summed E-state index contributed by atoms with van der Waals surface area (Å²) in [6.45, 7) is 13.4. The first-order chi connectivity index (χ1) is 7.44. The number of hydrogen-bond acceptors (Lipinski definition) is 2. The third-order valence-electron chi connectivity index (χ3n) is 2.92. The molecule has 0 aliphatic rings. The monoisotopic (exact) mass is 275 g/mol. The second-order valence-corrected chi connectivity index (χ2v) is 18.1. The summed E-state index contributed by atoms with van der Waals surface area (Å²) in [6.07, 6.45) is 0.485. The predicted octanol–water partition coefficient (Wildman–Crippen LogP) is 2.16. The van der Waals surface area contributed by atoms with Crippen LogP contribution in [0.3, 0.4) is 0 Å². The van der Waals surface area contributed by atoms with Gasteiger partial charge in [0.05, 0.1) is 0 Å². The number of carboxylic acid groups (broad SMARTS) is 1. The number of rotatable bonds is 6. The minimum Gasteiger partial charge on any atom is -0.480 e. The quantitative estimate of drug-likeness (QED) is 0.730. The van der Waals surface area contributed by atoms with Crippen LogP contribution in [-0.2, 0) is 9.59 Å². The summed E-state index contributed by atoms with van der Waals surface area (Å²) in [6, 6.07) is 0. The van der Waals surface area contributed by atoms with E-state index in [0.29, 0.717) is 11.6 Å². The number of carboxylic acids is 1. The van der Waals surface area contributed by atoms with E-state index in [1.165, 1.54) is 0 Å². The highest BCUT2D eigenvalue weighted by Crippen LogP contribution is 2.34. The molecule has 0 heterocycles. The Morgan fingerprint density at radius 2 is 1.47 bits per heavy atom. The largest absolute Gasteiger partial charge is 0.480 e. The third kappa shape index (κ3) is 6.62. The average Bonchev–Trinajstić information content (AvgIpc) is 2.07. The highest BCUT2D eigenvalue weighted by atomic mass is 28.4. The molecule has 0 aromatic rings. The van der Waals surface area contributed by atoms with Crippen molar-refractivity contribution in [2.45, 2.75) is 50.9 Å². The van der Waals surface area contributed by atoms with Gasteiger partial charge in [-0.05, 0) is 5.16 Å². The van der Waals surface area contributed by atoms with E-state index in [1.807, 2.05) is 0 Å². The first kappa shape index (κ1) is 16.4. The molecular weight excluding hydrogens is 250 g/mol. The Labute approximate surface area is 106 Å². The van der Waals surface area contributed by atoms with Crippen molar-refractivity contribution in [3.05, 3.63) is 0 Å². The molecule has 4 nitrogen and oxygen atoms in total. The van der Waals surface area contributed by atoms with Gasteiger partial charge in [-0.1, -0.05) is 39.3 Å². The third-order valence-corrected chi connectivity index (χ3v) is 12.7. The van der Waals surface area contributed by atoms with Crippen LogP contribution in [0.4, 0.5) is 0 Å². The molecule has 0 rings (SSSR count). The lowest BCUT2D eigenvalue weighted by Gasteiger charge is -2.37. The van der Waals surface area contributed by atoms with Crippen molar-refractivity contribution in [2.75, 3.05) is 6.54 Å². The molecule has 17 heavy (non-hydrogen) atoms. The summed E-state index contributed by atoms with van der Waals surface area (Å²) in [7, 11) is -2.78. The van der Waals surface area contributed by atoms with E-state index in [9.17, 15) is 9.59 Å². The molecule has 0 radical (unpaired) electrons. The lowest BCUT2D eigenvalue weighted by atomic mass is 10.4. The van der Waals surface area contributed by atoms with Crippen molar-refractivity contribution >= 4 is 28.0 Å². The first-order valence-corrected chi connectivity index (χ1v) is 13.1. The van der Waals surface area contributed by atoms with Crippen molar-refractivity contribution in [2.24, 2.45) is 0 Å².